The van der Waals surface area contributed by atoms with Gasteiger partial charge in [0.15, 0.2) is 5.78 Å². The van der Waals surface area contributed by atoms with Gasteiger partial charge in [0.05, 0.1) is 11.4 Å². The van der Waals surface area contributed by atoms with Crippen LogP contribution < -0.4 is 5.56 Å². The van der Waals surface area contributed by atoms with Crippen molar-refractivity contribution in [2.24, 2.45) is 7.05 Å². The molecule has 7 nitrogen and oxygen atoms in total. The van der Waals surface area contributed by atoms with E-state index in [9.17, 15) is 14.4 Å². The largest absolute Gasteiger partial charge is 0.340 e. The summed E-state index contributed by atoms with van der Waals surface area (Å²) in [6.07, 6.45) is 0.379. The molecular weight excluding hydrogens is 520 g/mol. The third kappa shape index (κ3) is 5.35. The highest BCUT2D eigenvalue weighted by Gasteiger charge is 2.24. The lowest BCUT2D eigenvalue weighted by Crippen LogP contribution is -2.48. The number of Topliss-reactive ketones (excluding diaryl/α,β-unsaturated/α-hetero) is 1. The average Bonchev–Trinajstić information content (AvgIpc) is 3.06. The molecule has 1 aliphatic rings. The van der Waals surface area contributed by atoms with E-state index in [4.69, 9.17) is 11.6 Å². The monoisotopic (exact) mass is 544 g/mol. The lowest BCUT2D eigenvalue weighted by Gasteiger charge is -2.34. The van der Waals surface area contributed by atoms with Crippen LogP contribution in [0.3, 0.4) is 0 Å². The van der Waals surface area contributed by atoms with Crippen LogP contribution in [-0.2, 0) is 18.4 Å². The number of amides is 1. The molecule has 2 aromatic carbocycles. The molecule has 0 bridgehead atoms. The number of hydrogen-bond acceptors (Lipinski definition) is 4. The van der Waals surface area contributed by atoms with Crippen LogP contribution in [0.25, 0.3) is 5.69 Å². The van der Waals surface area contributed by atoms with E-state index in [1.54, 1.807) is 28.9 Å². The number of aromatic nitrogens is 2. The molecule has 0 N–H and O–H groups in total. The zero-order valence-corrected chi connectivity index (χ0v) is 21.3. The fraction of sp³-hybridized carbons (Fsp3) is 0.320. The maximum atomic E-state index is 12.8. The number of carbonyl (C=O) groups excluding carboxylic acids is 2. The summed E-state index contributed by atoms with van der Waals surface area (Å²) in [7, 11) is 1.88. The Balaban J connectivity index is 1.32. The molecule has 1 aliphatic heterocycles. The number of halogens is 2. The van der Waals surface area contributed by atoms with Crippen molar-refractivity contribution in [2.75, 3.05) is 26.2 Å². The predicted molar refractivity (Wildman–Crippen MR) is 136 cm³/mol. The summed E-state index contributed by atoms with van der Waals surface area (Å²) in [5, 5.41) is 0.578. The number of rotatable bonds is 7. The van der Waals surface area contributed by atoms with Gasteiger partial charge in [-0.3, -0.25) is 24.0 Å². The second-order valence-corrected chi connectivity index (χ2v) is 9.55. The van der Waals surface area contributed by atoms with Gasteiger partial charge in [-0.15, -0.1) is 0 Å². The fourth-order valence-corrected chi connectivity index (χ4v) is 4.85. The molecule has 3 aromatic rings. The predicted octanol–water partition coefficient (Wildman–Crippen LogP) is 3.90. The van der Waals surface area contributed by atoms with Crippen LogP contribution in [0, 0.1) is 0 Å². The van der Waals surface area contributed by atoms with Crippen molar-refractivity contribution in [1.82, 2.24) is 19.2 Å². The SMILES string of the molecule is Cn1c(CN2CCN(C(=O)CCC(=O)c3ccc(Cl)cc3)CC2)c(Br)c(=O)n1-c1ccccc1. The topological polar surface area (TPSA) is 67.5 Å². The van der Waals surface area contributed by atoms with E-state index in [0.717, 1.165) is 11.4 Å². The molecule has 34 heavy (non-hydrogen) atoms. The number of piperazine rings is 1. The summed E-state index contributed by atoms with van der Waals surface area (Å²) in [4.78, 5) is 41.9. The zero-order chi connectivity index (χ0) is 24.2. The minimum absolute atomic E-state index is 0.00854. The van der Waals surface area contributed by atoms with Crippen LogP contribution in [0.1, 0.15) is 28.9 Å². The van der Waals surface area contributed by atoms with Gasteiger partial charge < -0.3 is 4.90 Å². The highest BCUT2D eigenvalue weighted by atomic mass is 79.9. The summed E-state index contributed by atoms with van der Waals surface area (Å²) < 4.78 is 4.08. The number of benzene rings is 2. The first-order chi connectivity index (χ1) is 16.3. The van der Waals surface area contributed by atoms with Crippen molar-refractivity contribution in [2.45, 2.75) is 19.4 Å². The Hall–Kier alpha value is -2.68. The van der Waals surface area contributed by atoms with Crippen LogP contribution in [0.4, 0.5) is 0 Å². The van der Waals surface area contributed by atoms with Gasteiger partial charge in [0.25, 0.3) is 5.56 Å². The second kappa shape index (κ2) is 10.7. The molecule has 178 valence electrons. The van der Waals surface area contributed by atoms with Crippen molar-refractivity contribution in [3.8, 4) is 5.69 Å². The van der Waals surface area contributed by atoms with Crippen molar-refractivity contribution < 1.29 is 9.59 Å². The summed E-state index contributed by atoms with van der Waals surface area (Å²) in [5.74, 6) is -0.0666. The molecule has 1 aromatic heterocycles. The van der Waals surface area contributed by atoms with Crippen LogP contribution >= 0.6 is 27.5 Å². The lowest BCUT2D eigenvalue weighted by atomic mass is 10.1. The zero-order valence-electron chi connectivity index (χ0n) is 18.9. The smallest absolute Gasteiger partial charge is 0.286 e. The molecule has 1 fully saturated rings. The Morgan fingerprint density at radius 2 is 1.59 bits per heavy atom. The van der Waals surface area contributed by atoms with Crippen molar-refractivity contribution in [3.05, 3.63) is 85.7 Å². The average molecular weight is 546 g/mol. The maximum absolute atomic E-state index is 12.8. The number of hydrogen-bond donors (Lipinski definition) is 0. The number of ketones is 1. The molecule has 2 heterocycles. The standard InChI is InChI=1S/C25H26BrClN4O3/c1-28-21(24(26)25(34)31(28)20-5-3-2-4-6-20)17-29-13-15-30(16-14-29)23(33)12-11-22(32)18-7-9-19(27)10-8-18/h2-10H,11-17H2,1H3. The van der Waals surface area contributed by atoms with Crippen molar-refractivity contribution in [3.63, 3.8) is 0 Å². The first-order valence-corrected chi connectivity index (χ1v) is 12.3. The second-order valence-electron chi connectivity index (χ2n) is 8.32. The molecule has 1 saturated heterocycles. The molecule has 0 atom stereocenters. The normalized spacial score (nSPS) is 14.4. The fourth-order valence-electron chi connectivity index (χ4n) is 4.17. The molecule has 9 heteroatoms. The minimum atomic E-state index is -0.0946. The van der Waals surface area contributed by atoms with E-state index in [2.05, 4.69) is 20.8 Å². The third-order valence-electron chi connectivity index (χ3n) is 6.16. The molecular formula is C25H26BrClN4O3. The van der Waals surface area contributed by atoms with Crippen LogP contribution in [0.15, 0.2) is 63.9 Å². The highest BCUT2D eigenvalue weighted by Crippen LogP contribution is 2.19. The van der Waals surface area contributed by atoms with E-state index in [1.807, 2.05) is 47.0 Å². The summed E-state index contributed by atoms with van der Waals surface area (Å²) >= 11 is 9.35. The maximum Gasteiger partial charge on any atom is 0.286 e. The summed E-state index contributed by atoms with van der Waals surface area (Å²) in [6, 6.07) is 16.3. The Morgan fingerprint density at radius 1 is 0.941 bits per heavy atom. The van der Waals surface area contributed by atoms with Gasteiger partial charge >= 0.3 is 0 Å². The Labute approximate surface area is 211 Å². The highest BCUT2D eigenvalue weighted by molar-refractivity contribution is 9.10. The first-order valence-electron chi connectivity index (χ1n) is 11.2. The van der Waals surface area contributed by atoms with Gasteiger partial charge in [-0.25, -0.2) is 4.68 Å². The number of nitrogens with zero attached hydrogens (tertiary/aromatic N) is 4. The van der Waals surface area contributed by atoms with Crippen molar-refractivity contribution in [1.29, 1.82) is 0 Å². The first kappa shape index (κ1) is 24.4. The van der Waals surface area contributed by atoms with E-state index in [1.165, 1.54) is 0 Å². The van der Waals surface area contributed by atoms with Gasteiger partial charge in [0.2, 0.25) is 5.91 Å². The molecule has 0 radical (unpaired) electrons. The number of carbonyl (C=O) groups is 2. The van der Waals surface area contributed by atoms with E-state index in [-0.39, 0.29) is 30.1 Å². The summed E-state index contributed by atoms with van der Waals surface area (Å²) in [6.45, 7) is 3.20. The molecule has 0 unspecified atom stereocenters. The van der Waals surface area contributed by atoms with Crippen LogP contribution in [0.5, 0.6) is 0 Å². The third-order valence-corrected chi connectivity index (χ3v) is 7.20. The van der Waals surface area contributed by atoms with Crippen LogP contribution in [-0.4, -0.2) is 57.0 Å². The summed E-state index contributed by atoms with van der Waals surface area (Å²) in [5.41, 5.74) is 2.18. The van der Waals surface area contributed by atoms with E-state index in [0.29, 0.717) is 47.8 Å². The number of para-hydroxylation sites is 1. The Bertz CT molecular complexity index is 1230. The minimum Gasteiger partial charge on any atom is -0.340 e. The van der Waals surface area contributed by atoms with Gasteiger partial charge in [-0.1, -0.05) is 29.8 Å². The van der Waals surface area contributed by atoms with Gasteiger partial charge in [0.1, 0.15) is 4.47 Å². The van der Waals surface area contributed by atoms with Crippen molar-refractivity contribution >= 4 is 39.2 Å². The molecule has 0 aliphatic carbocycles. The molecule has 0 saturated carbocycles. The van der Waals surface area contributed by atoms with Crippen LogP contribution in [0.2, 0.25) is 5.02 Å². The van der Waals surface area contributed by atoms with E-state index < -0.39 is 0 Å². The van der Waals surface area contributed by atoms with Gasteiger partial charge in [-0.05, 0) is 52.3 Å². The quantitative estimate of drug-likeness (QED) is 0.423. The van der Waals surface area contributed by atoms with E-state index >= 15 is 0 Å². The molecule has 0 spiro atoms. The molecule has 1 amide bonds. The van der Waals surface area contributed by atoms with Gasteiger partial charge in [0, 0.05) is 63.2 Å². The lowest BCUT2D eigenvalue weighted by molar-refractivity contribution is -0.133. The Morgan fingerprint density at radius 3 is 2.24 bits per heavy atom. The molecule has 4 rings (SSSR count). The Kier molecular flexibility index (Phi) is 7.70. The van der Waals surface area contributed by atoms with Gasteiger partial charge in [-0.2, -0.15) is 0 Å².